The number of nitrogens with zero attached hydrogens (tertiary/aromatic N) is 2. The fourth-order valence-corrected chi connectivity index (χ4v) is 1.94. The van der Waals surface area contributed by atoms with Gasteiger partial charge in [0.15, 0.2) is 0 Å². The first-order valence-electron chi connectivity index (χ1n) is 4.67. The van der Waals surface area contributed by atoms with Gasteiger partial charge in [-0.1, -0.05) is 0 Å². The van der Waals surface area contributed by atoms with Crippen molar-refractivity contribution in [1.29, 1.82) is 5.26 Å². The Bertz CT molecular complexity index is 421. The van der Waals surface area contributed by atoms with E-state index >= 15 is 0 Å². The number of hydrogen-bond donors (Lipinski definition) is 0. The van der Waals surface area contributed by atoms with Gasteiger partial charge in [-0.2, -0.15) is 5.26 Å². The summed E-state index contributed by atoms with van der Waals surface area (Å²) in [4.78, 5) is 13.5. The first-order valence-corrected chi connectivity index (χ1v) is 5.05. The fourth-order valence-electron chi connectivity index (χ4n) is 1.74. The molecule has 1 amide bonds. The number of carbonyl (C=O) groups is 1. The topological polar surface area (TPSA) is 57.2 Å². The van der Waals surface area contributed by atoms with E-state index in [4.69, 9.17) is 21.3 Å². The summed E-state index contributed by atoms with van der Waals surface area (Å²) in [5, 5.41) is 8.94. The van der Waals surface area contributed by atoms with Gasteiger partial charge in [-0.25, -0.2) is 0 Å². The number of likely N-dealkylation sites (tertiary alicyclic amines) is 1. The van der Waals surface area contributed by atoms with Crippen molar-refractivity contribution in [3.05, 3.63) is 23.1 Å². The molecule has 0 saturated carbocycles. The van der Waals surface area contributed by atoms with Crippen LogP contribution in [0.4, 0.5) is 0 Å². The van der Waals surface area contributed by atoms with E-state index in [9.17, 15) is 4.79 Å². The van der Waals surface area contributed by atoms with E-state index in [0.717, 1.165) is 12.8 Å². The molecule has 1 aliphatic heterocycles. The highest BCUT2D eigenvalue weighted by Gasteiger charge is 2.30. The highest BCUT2D eigenvalue weighted by molar-refractivity contribution is 6.32. The van der Waals surface area contributed by atoms with Crippen molar-refractivity contribution in [3.8, 4) is 6.07 Å². The average molecular weight is 225 g/mol. The number of furan rings is 1. The van der Waals surface area contributed by atoms with Crippen molar-refractivity contribution in [2.24, 2.45) is 0 Å². The van der Waals surface area contributed by atoms with Gasteiger partial charge >= 0.3 is 0 Å². The Morgan fingerprint density at radius 3 is 3.13 bits per heavy atom. The lowest BCUT2D eigenvalue weighted by Gasteiger charge is -2.18. The second-order valence-electron chi connectivity index (χ2n) is 3.39. The summed E-state index contributed by atoms with van der Waals surface area (Å²) in [5.74, 6) is -0.224. The van der Waals surface area contributed by atoms with Crippen LogP contribution in [0.15, 0.2) is 16.7 Å². The predicted octanol–water partition coefficient (Wildman–Crippen LogP) is 2.06. The van der Waals surface area contributed by atoms with E-state index < -0.39 is 0 Å². The lowest BCUT2D eigenvalue weighted by atomic mass is 10.2. The second kappa shape index (κ2) is 3.95. The van der Waals surface area contributed by atoms with Gasteiger partial charge in [0.2, 0.25) is 5.22 Å². The zero-order valence-electron chi connectivity index (χ0n) is 7.94. The number of carbonyl (C=O) groups excluding carboxylic acids is 1. The number of nitriles is 1. The Morgan fingerprint density at radius 2 is 2.53 bits per heavy atom. The van der Waals surface area contributed by atoms with E-state index in [2.05, 4.69) is 6.07 Å². The molecule has 0 aliphatic carbocycles. The quantitative estimate of drug-likeness (QED) is 0.734. The molecule has 78 valence electrons. The van der Waals surface area contributed by atoms with Gasteiger partial charge in [-0.05, 0) is 30.5 Å². The van der Waals surface area contributed by atoms with Gasteiger partial charge in [0.1, 0.15) is 6.04 Å². The minimum Gasteiger partial charge on any atom is -0.452 e. The molecule has 15 heavy (non-hydrogen) atoms. The Balaban J connectivity index is 2.22. The maximum atomic E-state index is 11.9. The Morgan fingerprint density at radius 1 is 1.73 bits per heavy atom. The molecule has 4 nitrogen and oxygen atoms in total. The van der Waals surface area contributed by atoms with E-state index in [0.29, 0.717) is 12.1 Å². The van der Waals surface area contributed by atoms with Crippen LogP contribution >= 0.6 is 11.6 Å². The van der Waals surface area contributed by atoms with Gasteiger partial charge in [-0.3, -0.25) is 4.79 Å². The summed E-state index contributed by atoms with van der Waals surface area (Å²) in [6.07, 6.45) is 2.96. The molecular weight excluding hydrogens is 216 g/mol. The van der Waals surface area contributed by atoms with Crippen molar-refractivity contribution < 1.29 is 9.21 Å². The molecule has 0 N–H and O–H groups in total. The normalized spacial score (nSPS) is 20.3. The molecule has 1 saturated heterocycles. The molecule has 1 fully saturated rings. The van der Waals surface area contributed by atoms with E-state index in [-0.39, 0.29) is 17.2 Å². The summed E-state index contributed by atoms with van der Waals surface area (Å²) >= 11 is 5.71. The van der Waals surface area contributed by atoms with Crippen molar-refractivity contribution in [2.75, 3.05) is 6.54 Å². The highest BCUT2D eigenvalue weighted by Crippen LogP contribution is 2.23. The van der Waals surface area contributed by atoms with Crippen LogP contribution in [0.2, 0.25) is 5.22 Å². The largest absolute Gasteiger partial charge is 0.452 e. The van der Waals surface area contributed by atoms with Crippen LogP contribution in [-0.2, 0) is 0 Å². The molecule has 1 unspecified atom stereocenters. The SMILES string of the molecule is N#CC1CCCN1C(=O)c1ccoc1Cl. The van der Waals surface area contributed by atoms with E-state index in [1.165, 1.54) is 17.2 Å². The van der Waals surface area contributed by atoms with Crippen LogP contribution in [-0.4, -0.2) is 23.4 Å². The number of amides is 1. The molecular formula is C10H9ClN2O2. The first kappa shape index (κ1) is 10.1. The van der Waals surface area contributed by atoms with Gasteiger partial charge in [0, 0.05) is 6.54 Å². The van der Waals surface area contributed by atoms with Crippen LogP contribution < -0.4 is 0 Å². The van der Waals surface area contributed by atoms with Crippen LogP contribution in [0.1, 0.15) is 23.2 Å². The maximum Gasteiger partial charge on any atom is 0.259 e. The molecule has 0 spiro atoms. The standard InChI is InChI=1S/C10H9ClN2O2/c11-9-8(3-5-15-9)10(14)13-4-1-2-7(13)6-12/h3,5,7H,1-2,4H2. The summed E-state index contributed by atoms with van der Waals surface area (Å²) in [7, 11) is 0. The summed E-state index contributed by atoms with van der Waals surface area (Å²) < 4.78 is 4.85. The third-order valence-electron chi connectivity index (χ3n) is 2.51. The molecule has 0 aromatic carbocycles. The molecule has 1 aromatic heterocycles. The minimum atomic E-state index is -0.330. The molecule has 1 aromatic rings. The minimum absolute atomic E-state index is 0.0867. The van der Waals surface area contributed by atoms with Gasteiger partial charge < -0.3 is 9.32 Å². The molecule has 5 heteroatoms. The molecule has 1 atom stereocenters. The Labute approximate surface area is 92.0 Å². The van der Waals surface area contributed by atoms with Gasteiger partial charge in [0.25, 0.3) is 5.91 Å². The zero-order valence-corrected chi connectivity index (χ0v) is 8.70. The number of hydrogen-bond acceptors (Lipinski definition) is 3. The van der Waals surface area contributed by atoms with Crippen LogP contribution in [0.25, 0.3) is 0 Å². The van der Waals surface area contributed by atoms with Crippen molar-refractivity contribution in [1.82, 2.24) is 4.90 Å². The molecule has 1 aliphatic rings. The van der Waals surface area contributed by atoms with E-state index in [1.807, 2.05) is 0 Å². The number of rotatable bonds is 1. The van der Waals surface area contributed by atoms with Crippen molar-refractivity contribution in [2.45, 2.75) is 18.9 Å². The molecule has 0 bridgehead atoms. The monoisotopic (exact) mass is 224 g/mol. The van der Waals surface area contributed by atoms with Crippen LogP contribution in [0, 0.1) is 11.3 Å². The first-order chi connectivity index (χ1) is 7.24. The number of halogens is 1. The van der Waals surface area contributed by atoms with Crippen molar-refractivity contribution in [3.63, 3.8) is 0 Å². The lowest BCUT2D eigenvalue weighted by molar-refractivity contribution is 0.0764. The third-order valence-corrected chi connectivity index (χ3v) is 2.80. The molecule has 2 heterocycles. The van der Waals surface area contributed by atoms with E-state index in [1.54, 1.807) is 0 Å². The predicted molar refractivity (Wildman–Crippen MR) is 53.4 cm³/mol. The smallest absolute Gasteiger partial charge is 0.259 e. The average Bonchev–Trinajstić information content (AvgIpc) is 2.84. The summed E-state index contributed by atoms with van der Waals surface area (Å²) in [6.45, 7) is 0.610. The van der Waals surface area contributed by atoms with Crippen molar-refractivity contribution >= 4 is 17.5 Å². The summed E-state index contributed by atoms with van der Waals surface area (Å²) in [6, 6.07) is 3.30. The van der Waals surface area contributed by atoms with Gasteiger partial charge in [0.05, 0.1) is 17.9 Å². The summed E-state index contributed by atoms with van der Waals surface area (Å²) in [5.41, 5.74) is 0.332. The molecule has 2 rings (SSSR count). The highest BCUT2D eigenvalue weighted by atomic mass is 35.5. The lowest BCUT2D eigenvalue weighted by Crippen LogP contribution is -2.34. The fraction of sp³-hybridized carbons (Fsp3) is 0.400. The Kier molecular flexibility index (Phi) is 2.65. The molecule has 0 radical (unpaired) electrons. The second-order valence-corrected chi connectivity index (χ2v) is 3.74. The third kappa shape index (κ3) is 1.71. The maximum absolute atomic E-state index is 11.9. The van der Waals surface area contributed by atoms with Gasteiger partial charge in [-0.15, -0.1) is 0 Å². The zero-order chi connectivity index (χ0) is 10.8. The Hall–Kier alpha value is -1.47. The van der Waals surface area contributed by atoms with Crippen LogP contribution in [0.3, 0.4) is 0 Å². The van der Waals surface area contributed by atoms with Crippen LogP contribution in [0.5, 0.6) is 0 Å².